The summed E-state index contributed by atoms with van der Waals surface area (Å²) in [5, 5.41) is 2.07. The van der Waals surface area contributed by atoms with E-state index in [2.05, 4.69) is 35.7 Å². The van der Waals surface area contributed by atoms with E-state index in [4.69, 9.17) is 4.74 Å². The molecular weight excluding hydrogens is 372 g/mol. The molecule has 0 radical (unpaired) electrons. The predicted octanol–water partition coefficient (Wildman–Crippen LogP) is 3.30. The first-order valence-electron chi connectivity index (χ1n) is 9.56. The highest BCUT2D eigenvalue weighted by molar-refractivity contribution is 7.13. The van der Waals surface area contributed by atoms with Gasteiger partial charge in [-0.15, -0.1) is 11.3 Å². The third-order valence-electron chi connectivity index (χ3n) is 5.36. The number of ether oxygens (including phenoxy) is 1. The highest BCUT2D eigenvalue weighted by Gasteiger charge is 2.44. The molecule has 0 bridgehead atoms. The molecule has 0 saturated carbocycles. The Balaban J connectivity index is 1.84. The molecule has 1 unspecified atom stereocenters. The normalized spacial score (nSPS) is 19.5. The number of hydrogen-bond acceptors (Lipinski definition) is 4. The lowest BCUT2D eigenvalue weighted by atomic mass is 9.73. The van der Waals surface area contributed by atoms with Gasteiger partial charge in [-0.1, -0.05) is 30.3 Å². The maximum atomic E-state index is 13.2. The topological polar surface area (TPSA) is 49.9 Å². The second kappa shape index (κ2) is 8.88. The molecule has 1 fully saturated rings. The summed E-state index contributed by atoms with van der Waals surface area (Å²) < 4.78 is 5.01. The maximum absolute atomic E-state index is 13.2. The first kappa shape index (κ1) is 20.6. The van der Waals surface area contributed by atoms with Gasteiger partial charge >= 0.3 is 0 Å². The van der Waals surface area contributed by atoms with E-state index in [-0.39, 0.29) is 18.4 Å². The van der Waals surface area contributed by atoms with Crippen molar-refractivity contribution >= 4 is 23.2 Å². The molecule has 2 aromatic rings. The smallest absolute Gasteiger partial charge is 0.248 e. The molecule has 6 heteroatoms. The van der Waals surface area contributed by atoms with Crippen LogP contribution in [0.1, 0.15) is 18.4 Å². The molecule has 1 aromatic heterocycles. The molecule has 2 amide bonds. The van der Waals surface area contributed by atoms with Crippen molar-refractivity contribution in [2.75, 3.05) is 40.9 Å². The van der Waals surface area contributed by atoms with E-state index in [1.165, 1.54) is 17.6 Å². The molecule has 1 atom stereocenters. The van der Waals surface area contributed by atoms with Crippen LogP contribution in [0.5, 0.6) is 0 Å². The Labute approximate surface area is 170 Å². The molecule has 28 heavy (non-hydrogen) atoms. The van der Waals surface area contributed by atoms with Gasteiger partial charge in [0.25, 0.3) is 0 Å². The van der Waals surface area contributed by atoms with Gasteiger partial charge in [0.05, 0.1) is 5.41 Å². The fraction of sp³-hybridized carbons (Fsp3) is 0.455. The minimum Gasteiger partial charge on any atom is -0.375 e. The van der Waals surface area contributed by atoms with Crippen molar-refractivity contribution in [2.45, 2.75) is 19.3 Å². The van der Waals surface area contributed by atoms with Crippen LogP contribution in [0.25, 0.3) is 10.4 Å². The number of thiophene rings is 1. The summed E-state index contributed by atoms with van der Waals surface area (Å²) in [4.78, 5) is 30.2. The third kappa shape index (κ3) is 4.45. The average Bonchev–Trinajstić information content (AvgIpc) is 3.23. The summed E-state index contributed by atoms with van der Waals surface area (Å²) in [7, 11) is 5.11. The summed E-state index contributed by atoms with van der Waals surface area (Å²) in [5.41, 5.74) is 1.72. The van der Waals surface area contributed by atoms with Gasteiger partial charge in [-0.05, 0) is 41.8 Å². The van der Waals surface area contributed by atoms with E-state index in [1.807, 2.05) is 6.07 Å². The monoisotopic (exact) mass is 400 g/mol. The number of rotatable bonds is 6. The standard InChI is InChI=1S/C22H28N2O3S/c1-23(2)21(26)22(11-5-12-24(16-22)20(25)15-27-3)14-17-7-9-18(10-8-17)19-6-4-13-28-19/h4,6-10,13H,5,11-12,14-16H2,1-3H3. The number of methoxy groups -OCH3 is 1. The van der Waals surface area contributed by atoms with Crippen LogP contribution in [0.2, 0.25) is 0 Å². The summed E-state index contributed by atoms with van der Waals surface area (Å²) in [6, 6.07) is 12.6. The van der Waals surface area contributed by atoms with E-state index >= 15 is 0 Å². The predicted molar refractivity (Wildman–Crippen MR) is 112 cm³/mol. The number of piperidine rings is 1. The van der Waals surface area contributed by atoms with E-state index in [0.29, 0.717) is 19.5 Å². The molecule has 2 heterocycles. The Bertz CT molecular complexity index is 802. The van der Waals surface area contributed by atoms with Crippen LogP contribution in [0.4, 0.5) is 0 Å². The minimum absolute atomic E-state index is 0.0498. The molecule has 150 valence electrons. The molecule has 1 saturated heterocycles. The van der Waals surface area contributed by atoms with Gasteiger partial charge in [-0.25, -0.2) is 0 Å². The van der Waals surface area contributed by atoms with Crippen LogP contribution >= 0.6 is 11.3 Å². The zero-order chi connectivity index (χ0) is 20.1. The van der Waals surface area contributed by atoms with Crippen LogP contribution in [0.15, 0.2) is 41.8 Å². The highest BCUT2D eigenvalue weighted by atomic mass is 32.1. The van der Waals surface area contributed by atoms with Crippen molar-refractivity contribution in [3.8, 4) is 10.4 Å². The Morgan fingerprint density at radius 3 is 2.57 bits per heavy atom. The molecule has 5 nitrogen and oxygen atoms in total. The highest BCUT2D eigenvalue weighted by Crippen LogP contribution is 2.36. The Morgan fingerprint density at radius 2 is 1.96 bits per heavy atom. The van der Waals surface area contributed by atoms with E-state index in [9.17, 15) is 9.59 Å². The Morgan fingerprint density at radius 1 is 1.21 bits per heavy atom. The largest absolute Gasteiger partial charge is 0.375 e. The van der Waals surface area contributed by atoms with Gasteiger partial charge in [0.15, 0.2) is 0 Å². The van der Waals surface area contributed by atoms with Gasteiger partial charge in [-0.3, -0.25) is 9.59 Å². The fourth-order valence-corrected chi connectivity index (χ4v) is 4.78. The quantitative estimate of drug-likeness (QED) is 0.748. The zero-order valence-corrected chi connectivity index (χ0v) is 17.6. The number of likely N-dealkylation sites (tertiary alicyclic amines) is 1. The van der Waals surface area contributed by atoms with Crippen molar-refractivity contribution in [2.24, 2.45) is 5.41 Å². The van der Waals surface area contributed by atoms with E-state index in [1.54, 1.807) is 35.2 Å². The lowest BCUT2D eigenvalue weighted by molar-refractivity contribution is -0.148. The third-order valence-corrected chi connectivity index (χ3v) is 6.28. The molecular formula is C22H28N2O3S. The number of hydrogen-bond donors (Lipinski definition) is 0. The van der Waals surface area contributed by atoms with Crippen LogP contribution in [0.3, 0.4) is 0 Å². The SMILES string of the molecule is COCC(=O)N1CCCC(Cc2ccc(-c3cccs3)cc2)(C(=O)N(C)C)C1. The van der Waals surface area contributed by atoms with Crippen LogP contribution in [0, 0.1) is 5.41 Å². The van der Waals surface area contributed by atoms with Crippen LogP contribution < -0.4 is 0 Å². The van der Waals surface area contributed by atoms with E-state index in [0.717, 1.165) is 18.4 Å². The number of carbonyl (C=O) groups is 2. The molecule has 3 rings (SSSR count). The van der Waals surface area contributed by atoms with Crippen molar-refractivity contribution < 1.29 is 14.3 Å². The van der Waals surface area contributed by atoms with Crippen molar-refractivity contribution in [3.05, 3.63) is 47.3 Å². The van der Waals surface area contributed by atoms with Gasteiger partial charge in [0.2, 0.25) is 11.8 Å². The number of benzene rings is 1. The van der Waals surface area contributed by atoms with Crippen molar-refractivity contribution in [3.63, 3.8) is 0 Å². The second-order valence-electron chi connectivity index (χ2n) is 7.68. The average molecular weight is 401 g/mol. The van der Waals surface area contributed by atoms with E-state index < -0.39 is 5.41 Å². The van der Waals surface area contributed by atoms with Gasteiger partial charge in [-0.2, -0.15) is 0 Å². The first-order chi connectivity index (χ1) is 13.4. The summed E-state index contributed by atoms with van der Waals surface area (Å²) in [6.07, 6.45) is 2.24. The lowest BCUT2D eigenvalue weighted by Crippen LogP contribution is -2.54. The maximum Gasteiger partial charge on any atom is 0.248 e. The van der Waals surface area contributed by atoms with Crippen LogP contribution in [-0.2, 0) is 20.7 Å². The fourth-order valence-electron chi connectivity index (χ4n) is 4.05. The molecule has 0 N–H and O–H groups in total. The molecule has 1 aromatic carbocycles. The summed E-state index contributed by atoms with van der Waals surface area (Å²) in [6.45, 7) is 1.18. The van der Waals surface area contributed by atoms with Gasteiger partial charge in [0, 0.05) is 39.2 Å². The van der Waals surface area contributed by atoms with Gasteiger partial charge in [0.1, 0.15) is 6.61 Å². The van der Waals surface area contributed by atoms with Gasteiger partial charge < -0.3 is 14.5 Å². The van der Waals surface area contributed by atoms with Crippen LogP contribution in [-0.4, -0.2) is 62.5 Å². The molecule has 1 aliphatic rings. The summed E-state index contributed by atoms with van der Waals surface area (Å²) >= 11 is 1.72. The number of carbonyl (C=O) groups excluding carboxylic acids is 2. The minimum atomic E-state index is -0.588. The zero-order valence-electron chi connectivity index (χ0n) is 16.8. The lowest BCUT2D eigenvalue weighted by Gasteiger charge is -2.43. The Hall–Kier alpha value is -2.18. The number of amides is 2. The molecule has 1 aliphatic heterocycles. The number of nitrogens with zero attached hydrogens (tertiary/aromatic N) is 2. The first-order valence-corrected chi connectivity index (χ1v) is 10.4. The second-order valence-corrected chi connectivity index (χ2v) is 8.63. The summed E-state index contributed by atoms with van der Waals surface area (Å²) in [5.74, 6) is 0.0379. The molecule has 0 spiro atoms. The molecule has 0 aliphatic carbocycles. The van der Waals surface area contributed by atoms with Crippen molar-refractivity contribution in [1.29, 1.82) is 0 Å². The Kier molecular flexibility index (Phi) is 6.52. The van der Waals surface area contributed by atoms with Crippen molar-refractivity contribution in [1.82, 2.24) is 9.80 Å².